The second-order valence-corrected chi connectivity index (χ2v) is 10.00. The number of nitrogens with one attached hydrogen (secondary N) is 1. The van der Waals surface area contributed by atoms with E-state index in [0.717, 1.165) is 0 Å². The summed E-state index contributed by atoms with van der Waals surface area (Å²) in [6.45, 7) is 4.60. The molecule has 2 aliphatic rings. The smallest absolute Gasteiger partial charge is 0.248 e. The number of halogens is 1. The lowest BCUT2D eigenvalue weighted by atomic mass is 9.95. The van der Waals surface area contributed by atoms with Crippen LogP contribution >= 0.6 is 11.8 Å². The number of carbonyl (C=O) groups is 2. The molecule has 1 fully saturated rings. The zero-order valence-electron chi connectivity index (χ0n) is 19.0. The molecule has 1 unspecified atom stereocenters. The highest BCUT2D eigenvalue weighted by atomic mass is 32.2. The van der Waals surface area contributed by atoms with Crippen molar-refractivity contribution in [2.45, 2.75) is 37.7 Å². The third-order valence-electron chi connectivity index (χ3n) is 5.76. The Bertz CT molecular complexity index is 1150. The number of amides is 2. The normalized spacial score (nSPS) is 19.0. The third-order valence-corrected chi connectivity index (χ3v) is 7.05. The fourth-order valence-corrected chi connectivity index (χ4v) is 5.20. The number of anilines is 1. The predicted molar refractivity (Wildman–Crippen MR) is 127 cm³/mol. The molecule has 3 heterocycles. The van der Waals surface area contributed by atoms with E-state index >= 15 is 0 Å². The number of morpholine rings is 1. The number of ether oxygens (including phenoxy) is 1. The van der Waals surface area contributed by atoms with E-state index in [-0.39, 0.29) is 24.2 Å². The molecule has 1 aromatic carbocycles. The lowest BCUT2D eigenvalue weighted by molar-refractivity contribution is -0.143. The number of rotatable bonds is 7. The fraction of sp³-hybridized carbons (Fsp3) is 0.375. The van der Waals surface area contributed by atoms with Gasteiger partial charge in [-0.2, -0.15) is 0 Å². The first-order chi connectivity index (χ1) is 16.1. The van der Waals surface area contributed by atoms with E-state index in [1.165, 1.54) is 17.8 Å². The lowest BCUT2D eigenvalue weighted by Crippen LogP contribution is -2.41. The largest absolute Gasteiger partial charge is 0.386 e. The summed E-state index contributed by atoms with van der Waals surface area (Å²) in [4.78, 5) is 30.4. The van der Waals surface area contributed by atoms with Gasteiger partial charge in [-0.1, -0.05) is 30.0 Å². The number of benzene rings is 1. The van der Waals surface area contributed by atoms with Gasteiger partial charge in [0.15, 0.2) is 0 Å². The summed E-state index contributed by atoms with van der Waals surface area (Å²) in [5, 5.41) is 13.5. The summed E-state index contributed by atoms with van der Waals surface area (Å²) in [5.41, 5.74) is 6.42. The van der Waals surface area contributed by atoms with Crippen molar-refractivity contribution in [1.29, 1.82) is 0 Å². The molecule has 180 valence electrons. The maximum atomic E-state index is 14.9. The number of aliphatic hydroxyl groups is 1. The van der Waals surface area contributed by atoms with Crippen LogP contribution in [0, 0.1) is 5.82 Å². The molecule has 0 saturated carbocycles. The van der Waals surface area contributed by atoms with Gasteiger partial charge in [0.25, 0.3) is 0 Å². The summed E-state index contributed by atoms with van der Waals surface area (Å²) in [5.74, 6) is -0.617. The molecule has 2 amide bonds. The van der Waals surface area contributed by atoms with Crippen molar-refractivity contribution in [2.75, 3.05) is 25.1 Å². The molecule has 0 radical (unpaired) electrons. The van der Waals surface area contributed by atoms with Crippen LogP contribution in [0.4, 0.5) is 10.2 Å². The Balaban J connectivity index is 1.51. The number of thioether (sulfide) groups is 1. The van der Waals surface area contributed by atoms with E-state index in [0.29, 0.717) is 52.9 Å². The average molecular weight is 487 g/mol. The van der Waals surface area contributed by atoms with Gasteiger partial charge >= 0.3 is 0 Å². The van der Waals surface area contributed by atoms with Gasteiger partial charge < -0.3 is 25.8 Å². The molecule has 2 aliphatic heterocycles. The van der Waals surface area contributed by atoms with Gasteiger partial charge in [0.05, 0.1) is 29.5 Å². The van der Waals surface area contributed by atoms with Crippen LogP contribution in [0.2, 0.25) is 0 Å². The number of hydrogen-bond acceptors (Lipinski definition) is 7. The van der Waals surface area contributed by atoms with Gasteiger partial charge in [0.1, 0.15) is 18.2 Å². The third kappa shape index (κ3) is 5.40. The SMILES string of the molecule is CC(C)(O)c1ccc(C2CC(C(N)=O)=C(Nc3cccc(CN4CCOCC4=O)n3)S2)c(F)c1. The highest BCUT2D eigenvalue weighted by molar-refractivity contribution is 8.03. The van der Waals surface area contributed by atoms with Crippen LogP contribution in [0.5, 0.6) is 0 Å². The minimum absolute atomic E-state index is 0.0676. The zero-order valence-corrected chi connectivity index (χ0v) is 19.8. The molecule has 10 heteroatoms. The molecule has 1 aromatic heterocycles. The van der Waals surface area contributed by atoms with Crippen LogP contribution in [0.3, 0.4) is 0 Å². The fourth-order valence-electron chi connectivity index (χ4n) is 3.86. The number of pyridine rings is 1. The Morgan fingerprint density at radius 3 is 2.85 bits per heavy atom. The Kier molecular flexibility index (Phi) is 6.92. The summed E-state index contributed by atoms with van der Waals surface area (Å²) in [6, 6.07) is 10.0. The van der Waals surface area contributed by atoms with Crippen molar-refractivity contribution in [2.24, 2.45) is 5.73 Å². The number of nitrogens with two attached hydrogens (primary N) is 1. The molecule has 0 bridgehead atoms. The number of hydrogen-bond donors (Lipinski definition) is 3. The number of carbonyl (C=O) groups excluding carboxylic acids is 2. The first-order valence-corrected chi connectivity index (χ1v) is 11.8. The maximum Gasteiger partial charge on any atom is 0.248 e. The van der Waals surface area contributed by atoms with Crippen molar-refractivity contribution in [3.63, 3.8) is 0 Å². The van der Waals surface area contributed by atoms with E-state index in [1.54, 1.807) is 36.9 Å². The molecular formula is C24H27FN4O4S. The first-order valence-electron chi connectivity index (χ1n) is 10.9. The van der Waals surface area contributed by atoms with Crippen molar-refractivity contribution in [1.82, 2.24) is 9.88 Å². The molecule has 4 N–H and O–H groups in total. The van der Waals surface area contributed by atoms with E-state index in [4.69, 9.17) is 10.5 Å². The summed E-state index contributed by atoms with van der Waals surface area (Å²) in [6.07, 6.45) is 0.267. The van der Waals surface area contributed by atoms with Crippen LogP contribution in [0.25, 0.3) is 0 Å². The quantitative estimate of drug-likeness (QED) is 0.551. The van der Waals surface area contributed by atoms with E-state index in [9.17, 15) is 19.1 Å². The predicted octanol–water partition coefficient (Wildman–Crippen LogP) is 2.79. The molecule has 2 aromatic rings. The monoisotopic (exact) mass is 486 g/mol. The molecule has 0 spiro atoms. The topological polar surface area (TPSA) is 118 Å². The van der Waals surface area contributed by atoms with Crippen LogP contribution in [-0.4, -0.2) is 46.6 Å². The molecular weight excluding hydrogens is 459 g/mol. The minimum atomic E-state index is -1.16. The van der Waals surface area contributed by atoms with Gasteiger partial charge in [-0.25, -0.2) is 9.37 Å². The van der Waals surface area contributed by atoms with Gasteiger partial charge in [-0.3, -0.25) is 9.59 Å². The Morgan fingerprint density at radius 1 is 1.38 bits per heavy atom. The zero-order chi connectivity index (χ0) is 24.5. The van der Waals surface area contributed by atoms with Gasteiger partial charge in [0.2, 0.25) is 11.8 Å². The van der Waals surface area contributed by atoms with Gasteiger partial charge in [0, 0.05) is 22.9 Å². The van der Waals surface area contributed by atoms with Crippen LogP contribution in [-0.2, 0) is 26.5 Å². The van der Waals surface area contributed by atoms with Gasteiger partial charge in [-0.15, -0.1) is 0 Å². The molecule has 4 rings (SSSR count). The number of aromatic nitrogens is 1. The molecule has 1 saturated heterocycles. The summed E-state index contributed by atoms with van der Waals surface area (Å²) >= 11 is 1.31. The Labute approximate surface area is 201 Å². The van der Waals surface area contributed by atoms with Crippen LogP contribution < -0.4 is 11.1 Å². The lowest BCUT2D eigenvalue weighted by Gasteiger charge is -2.26. The van der Waals surface area contributed by atoms with Gasteiger partial charge in [-0.05, 0) is 44.0 Å². The molecule has 34 heavy (non-hydrogen) atoms. The van der Waals surface area contributed by atoms with E-state index in [1.807, 2.05) is 12.1 Å². The second-order valence-electron chi connectivity index (χ2n) is 8.78. The van der Waals surface area contributed by atoms with Crippen molar-refractivity contribution in [3.8, 4) is 0 Å². The van der Waals surface area contributed by atoms with Crippen molar-refractivity contribution < 1.29 is 23.8 Å². The van der Waals surface area contributed by atoms with Crippen LogP contribution in [0.1, 0.15) is 42.3 Å². The maximum absolute atomic E-state index is 14.9. The number of primary amides is 1. The van der Waals surface area contributed by atoms with Crippen molar-refractivity contribution >= 4 is 29.4 Å². The standard InChI is InChI=1S/C24H27FN4O4S/c1-24(2,32)14-6-7-16(18(25)10-14)19-11-17(22(26)31)23(34-19)28-20-5-3-4-15(27-20)12-29-8-9-33-13-21(29)30/h3-7,10,19,32H,8-9,11-13H2,1-2H3,(H2,26,31)(H,27,28). The minimum Gasteiger partial charge on any atom is -0.386 e. The Morgan fingerprint density at radius 2 is 2.18 bits per heavy atom. The van der Waals surface area contributed by atoms with E-state index < -0.39 is 17.3 Å². The van der Waals surface area contributed by atoms with Crippen LogP contribution in [0.15, 0.2) is 47.0 Å². The first kappa shape index (κ1) is 24.2. The van der Waals surface area contributed by atoms with E-state index in [2.05, 4.69) is 10.3 Å². The van der Waals surface area contributed by atoms with Crippen molar-refractivity contribution in [3.05, 3.63) is 69.6 Å². The average Bonchev–Trinajstić information content (AvgIpc) is 3.18. The summed E-state index contributed by atoms with van der Waals surface area (Å²) in [7, 11) is 0. The Hall–Kier alpha value is -2.95. The molecule has 1 atom stereocenters. The highest BCUT2D eigenvalue weighted by Gasteiger charge is 2.32. The highest BCUT2D eigenvalue weighted by Crippen LogP contribution is 2.48. The number of nitrogens with zero attached hydrogens (tertiary/aromatic N) is 2. The molecule has 0 aliphatic carbocycles. The second kappa shape index (κ2) is 9.73. The molecule has 8 nitrogen and oxygen atoms in total. The summed E-state index contributed by atoms with van der Waals surface area (Å²) < 4.78 is 20.0.